The summed E-state index contributed by atoms with van der Waals surface area (Å²) < 4.78 is 5.97. The number of nitrogens with zero attached hydrogens (tertiary/aromatic N) is 2. The van der Waals surface area contributed by atoms with Gasteiger partial charge in [0.1, 0.15) is 5.75 Å². The van der Waals surface area contributed by atoms with Crippen LogP contribution in [0.1, 0.15) is 17.5 Å². The van der Waals surface area contributed by atoms with E-state index in [0.29, 0.717) is 6.54 Å². The summed E-state index contributed by atoms with van der Waals surface area (Å²) in [5.74, 6) is 1.66. The Morgan fingerprint density at radius 2 is 1.63 bits per heavy atom. The highest BCUT2D eigenvalue weighted by atomic mass is 32.2. The zero-order valence-corrected chi connectivity index (χ0v) is 17.6. The highest BCUT2D eigenvalue weighted by Crippen LogP contribution is 2.24. The molecular weight excluding hydrogens is 392 g/mol. The Morgan fingerprint density at radius 3 is 2.43 bits per heavy atom. The number of ether oxygens (including phenoxy) is 1. The molecule has 0 atom stereocenters. The third-order valence-electron chi connectivity index (χ3n) is 4.83. The normalized spacial score (nSPS) is 15.2. The first kappa shape index (κ1) is 20.2. The van der Waals surface area contributed by atoms with Crippen LogP contribution in [-0.4, -0.2) is 34.9 Å². The molecule has 0 unspecified atom stereocenters. The third kappa shape index (κ3) is 5.30. The molecule has 30 heavy (non-hydrogen) atoms. The molecule has 4 rings (SSSR count). The van der Waals surface area contributed by atoms with E-state index < -0.39 is 0 Å². The number of hydrogen-bond acceptors (Lipinski definition) is 4. The molecule has 0 aliphatic carbocycles. The van der Waals surface area contributed by atoms with Crippen LogP contribution in [0.4, 0.5) is 5.69 Å². The van der Waals surface area contributed by atoms with Crippen molar-refractivity contribution in [3.63, 3.8) is 0 Å². The quantitative estimate of drug-likeness (QED) is 0.547. The van der Waals surface area contributed by atoms with Crippen molar-refractivity contribution in [1.29, 1.82) is 0 Å². The van der Waals surface area contributed by atoms with Gasteiger partial charge in [-0.3, -0.25) is 9.69 Å². The van der Waals surface area contributed by atoms with Gasteiger partial charge in [0.05, 0.1) is 5.69 Å². The van der Waals surface area contributed by atoms with E-state index in [9.17, 15) is 4.79 Å². The second kappa shape index (κ2) is 10.1. The number of aliphatic imine (C=N–C) groups is 1. The van der Waals surface area contributed by atoms with Gasteiger partial charge in [0.15, 0.2) is 11.8 Å². The van der Waals surface area contributed by atoms with Gasteiger partial charge in [0.2, 0.25) is 0 Å². The van der Waals surface area contributed by atoms with Crippen LogP contribution >= 0.6 is 11.8 Å². The molecule has 1 saturated heterocycles. The fourth-order valence-corrected chi connectivity index (χ4v) is 4.30. The van der Waals surface area contributed by atoms with Crippen molar-refractivity contribution in [1.82, 2.24) is 4.90 Å². The Hall–Kier alpha value is -3.05. The number of amidine groups is 1. The largest absolute Gasteiger partial charge is 0.483 e. The molecule has 0 radical (unpaired) electrons. The van der Waals surface area contributed by atoms with E-state index in [1.165, 1.54) is 5.56 Å². The molecule has 0 saturated carbocycles. The Morgan fingerprint density at radius 1 is 0.933 bits per heavy atom. The van der Waals surface area contributed by atoms with Crippen molar-refractivity contribution in [3.8, 4) is 5.75 Å². The number of amides is 1. The van der Waals surface area contributed by atoms with E-state index in [4.69, 9.17) is 4.74 Å². The highest BCUT2D eigenvalue weighted by Gasteiger charge is 2.24. The second-order valence-electron chi connectivity index (χ2n) is 7.04. The fourth-order valence-electron chi connectivity index (χ4n) is 3.32. The van der Waals surface area contributed by atoms with Gasteiger partial charge < -0.3 is 4.74 Å². The zero-order chi connectivity index (χ0) is 20.6. The van der Waals surface area contributed by atoms with Gasteiger partial charge in [-0.25, -0.2) is 4.99 Å². The van der Waals surface area contributed by atoms with Crippen LogP contribution < -0.4 is 4.74 Å². The van der Waals surface area contributed by atoms with Crippen molar-refractivity contribution in [2.75, 3.05) is 18.9 Å². The number of hydrogen-bond donors (Lipinski definition) is 0. The van der Waals surface area contributed by atoms with Crippen LogP contribution in [0.15, 0.2) is 89.9 Å². The lowest BCUT2D eigenvalue weighted by Gasteiger charge is -2.27. The molecule has 0 aromatic heterocycles. The molecule has 1 fully saturated rings. The van der Waals surface area contributed by atoms with E-state index in [0.717, 1.165) is 40.8 Å². The second-order valence-corrected chi connectivity index (χ2v) is 8.10. The SMILES string of the molecule is O=C(COc1ccccc1Cc1ccccc1)N1CCCSC1=Nc1ccccc1. The number of para-hydroxylation sites is 2. The molecule has 0 N–H and O–H groups in total. The summed E-state index contributed by atoms with van der Waals surface area (Å²) in [4.78, 5) is 19.4. The van der Waals surface area contributed by atoms with Crippen LogP contribution in [0, 0.1) is 0 Å². The summed E-state index contributed by atoms with van der Waals surface area (Å²) in [6.07, 6.45) is 1.72. The minimum absolute atomic E-state index is 0.000171. The summed E-state index contributed by atoms with van der Waals surface area (Å²) in [5.41, 5.74) is 3.14. The van der Waals surface area contributed by atoms with Crippen LogP contribution in [-0.2, 0) is 11.2 Å². The first-order valence-electron chi connectivity index (χ1n) is 10.1. The molecule has 152 valence electrons. The van der Waals surface area contributed by atoms with Gasteiger partial charge >= 0.3 is 0 Å². The van der Waals surface area contributed by atoms with Gasteiger partial charge in [-0.1, -0.05) is 78.5 Å². The van der Waals surface area contributed by atoms with Crippen LogP contribution in [0.25, 0.3) is 0 Å². The molecule has 1 aliphatic rings. The number of rotatable bonds is 6. The molecule has 4 nitrogen and oxygen atoms in total. The van der Waals surface area contributed by atoms with Crippen LogP contribution in [0.5, 0.6) is 5.75 Å². The van der Waals surface area contributed by atoms with Crippen molar-refractivity contribution in [2.24, 2.45) is 4.99 Å². The minimum atomic E-state index is -0.0635. The van der Waals surface area contributed by atoms with Crippen molar-refractivity contribution >= 4 is 28.5 Å². The average Bonchev–Trinajstić information content (AvgIpc) is 2.80. The Labute approximate surface area is 181 Å². The summed E-state index contributed by atoms with van der Waals surface area (Å²) in [7, 11) is 0. The van der Waals surface area contributed by atoms with Gasteiger partial charge in [-0.2, -0.15) is 0 Å². The standard InChI is InChI=1S/C25H24N2O2S/c28-24(27-16-9-17-30-25(27)26-22-13-5-2-6-14-22)19-29-23-15-8-7-12-21(23)18-20-10-3-1-4-11-20/h1-8,10-15H,9,16-19H2. The molecule has 1 amide bonds. The Balaban J connectivity index is 1.44. The Kier molecular flexibility index (Phi) is 6.83. The number of carbonyl (C=O) groups excluding carboxylic acids is 1. The maximum atomic E-state index is 12.9. The van der Waals surface area contributed by atoms with Gasteiger partial charge in [0.25, 0.3) is 5.91 Å². The zero-order valence-electron chi connectivity index (χ0n) is 16.7. The van der Waals surface area contributed by atoms with Crippen LogP contribution in [0.2, 0.25) is 0 Å². The predicted octanol–water partition coefficient (Wildman–Crippen LogP) is 5.31. The molecule has 0 spiro atoms. The van der Waals surface area contributed by atoms with E-state index >= 15 is 0 Å². The Bertz CT molecular complexity index is 1010. The number of benzene rings is 3. The number of thioether (sulfide) groups is 1. The minimum Gasteiger partial charge on any atom is -0.483 e. The monoisotopic (exact) mass is 416 g/mol. The van der Waals surface area contributed by atoms with E-state index in [2.05, 4.69) is 17.1 Å². The topological polar surface area (TPSA) is 41.9 Å². The molecule has 0 bridgehead atoms. The highest BCUT2D eigenvalue weighted by molar-refractivity contribution is 8.13. The molecule has 3 aromatic carbocycles. The maximum Gasteiger partial charge on any atom is 0.266 e. The maximum absolute atomic E-state index is 12.9. The van der Waals surface area contributed by atoms with Gasteiger partial charge in [-0.15, -0.1) is 0 Å². The lowest BCUT2D eigenvalue weighted by atomic mass is 10.0. The van der Waals surface area contributed by atoms with E-state index in [1.54, 1.807) is 16.7 Å². The summed E-state index contributed by atoms with van der Waals surface area (Å²) in [5, 5.41) is 0.749. The van der Waals surface area contributed by atoms with Crippen molar-refractivity contribution < 1.29 is 9.53 Å². The smallest absolute Gasteiger partial charge is 0.266 e. The summed E-state index contributed by atoms with van der Waals surface area (Å²) in [6.45, 7) is 0.673. The van der Waals surface area contributed by atoms with Crippen LogP contribution in [0.3, 0.4) is 0 Å². The lowest BCUT2D eigenvalue weighted by molar-refractivity contribution is -0.129. The average molecular weight is 417 g/mol. The first-order chi connectivity index (χ1) is 14.8. The predicted molar refractivity (Wildman–Crippen MR) is 124 cm³/mol. The molecule has 3 aromatic rings. The molecule has 5 heteroatoms. The molecular formula is C25H24N2O2S. The van der Waals surface area contributed by atoms with E-state index in [-0.39, 0.29) is 12.5 Å². The lowest BCUT2D eigenvalue weighted by Crippen LogP contribution is -2.41. The third-order valence-corrected chi connectivity index (χ3v) is 5.89. The van der Waals surface area contributed by atoms with Gasteiger partial charge in [0, 0.05) is 18.7 Å². The van der Waals surface area contributed by atoms with Crippen molar-refractivity contribution in [2.45, 2.75) is 12.8 Å². The van der Waals surface area contributed by atoms with Crippen molar-refractivity contribution in [3.05, 3.63) is 96.1 Å². The number of carbonyl (C=O) groups is 1. The summed E-state index contributed by atoms with van der Waals surface area (Å²) in [6, 6.07) is 27.9. The molecule has 1 aliphatic heterocycles. The summed E-state index contributed by atoms with van der Waals surface area (Å²) >= 11 is 1.62. The first-order valence-corrected chi connectivity index (χ1v) is 11.1. The van der Waals surface area contributed by atoms with E-state index in [1.807, 2.05) is 72.8 Å². The molecule has 1 heterocycles. The fraction of sp³-hybridized carbons (Fsp3) is 0.200. The van der Waals surface area contributed by atoms with Gasteiger partial charge in [-0.05, 0) is 35.7 Å².